The molecule has 0 fully saturated rings. The molecule has 2 rings (SSSR count). The summed E-state index contributed by atoms with van der Waals surface area (Å²) >= 11 is 0. The van der Waals surface area contributed by atoms with Crippen molar-refractivity contribution in [3.8, 4) is 11.8 Å². The van der Waals surface area contributed by atoms with Crippen LogP contribution in [0.25, 0.3) is 0 Å². The fraction of sp³-hybridized carbons (Fsp3) is 0.133. The van der Waals surface area contributed by atoms with Gasteiger partial charge in [-0.1, -0.05) is 0 Å². The maximum absolute atomic E-state index is 13.2. The number of benzene rings is 2. The van der Waals surface area contributed by atoms with E-state index in [0.717, 1.165) is 5.69 Å². The van der Waals surface area contributed by atoms with E-state index in [1.165, 1.54) is 12.1 Å². The van der Waals surface area contributed by atoms with Crippen LogP contribution in [0.1, 0.15) is 12.5 Å². The number of nitrogens with two attached hydrogens (primary N) is 1. The van der Waals surface area contributed by atoms with Crippen LogP contribution < -0.4 is 15.8 Å². The number of nitrogen functional groups attached to an aromatic ring is 1. The monoisotopic (exact) mass is 271 g/mol. The molecule has 2 aromatic carbocycles. The lowest BCUT2D eigenvalue weighted by atomic mass is 10.2. The lowest BCUT2D eigenvalue weighted by Crippen LogP contribution is -1.98. The summed E-state index contributed by atoms with van der Waals surface area (Å²) in [5.74, 6) is 0.0467. The van der Waals surface area contributed by atoms with Gasteiger partial charge in [0.05, 0.1) is 17.9 Å². The first-order valence-electron chi connectivity index (χ1n) is 6.13. The van der Waals surface area contributed by atoms with Gasteiger partial charge in [0.15, 0.2) is 0 Å². The van der Waals surface area contributed by atoms with E-state index in [1.807, 2.05) is 6.92 Å². The van der Waals surface area contributed by atoms with E-state index in [1.54, 1.807) is 30.3 Å². The Balaban J connectivity index is 2.26. The Hall–Kier alpha value is -2.74. The number of ether oxygens (including phenoxy) is 1. The van der Waals surface area contributed by atoms with Gasteiger partial charge in [-0.25, -0.2) is 4.39 Å². The van der Waals surface area contributed by atoms with Crippen molar-refractivity contribution in [3.05, 3.63) is 47.8 Å². The van der Waals surface area contributed by atoms with Crippen LogP contribution in [-0.4, -0.2) is 6.61 Å². The van der Waals surface area contributed by atoms with Crippen molar-refractivity contribution in [2.45, 2.75) is 6.92 Å². The van der Waals surface area contributed by atoms with Gasteiger partial charge in [-0.15, -0.1) is 0 Å². The van der Waals surface area contributed by atoms with Crippen LogP contribution in [0.3, 0.4) is 0 Å². The van der Waals surface area contributed by atoms with E-state index >= 15 is 0 Å². The lowest BCUT2D eigenvalue weighted by molar-refractivity contribution is 0.342. The molecule has 4 nitrogen and oxygen atoms in total. The highest BCUT2D eigenvalue weighted by atomic mass is 19.1. The molecular weight excluding hydrogens is 257 g/mol. The van der Waals surface area contributed by atoms with E-state index in [-0.39, 0.29) is 5.56 Å². The third kappa shape index (κ3) is 2.98. The van der Waals surface area contributed by atoms with Crippen LogP contribution in [0, 0.1) is 17.1 Å². The van der Waals surface area contributed by atoms with E-state index in [9.17, 15) is 4.39 Å². The first-order chi connectivity index (χ1) is 9.63. The lowest BCUT2D eigenvalue weighted by Gasteiger charge is -2.11. The average molecular weight is 271 g/mol. The minimum absolute atomic E-state index is 0.00419. The Labute approximate surface area is 116 Å². The van der Waals surface area contributed by atoms with Crippen molar-refractivity contribution >= 4 is 17.1 Å². The third-order valence-electron chi connectivity index (χ3n) is 2.69. The number of hydrogen-bond donors (Lipinski definition) is 2. The minimum Gasteiger partial charge on any atom is -0.492 e. The molecule has 0 atom stereocenters. The first kappa shape index (κ1) is 13.7. The van der Waals surface area contributed by atoms with Gasteiger partial charge >= 0.3 is 0 Å². The molecule has 0 amide bonds. The fourth-order valence-corrected chi connectivity index (χ4v) is 1.75. The summed E-state index contributed by atoms with van der Waals surface area (Å²) < 4.78 is 18.6. The highest BCUT2D eigenvalue weighted by molar-refractivity contribution is 5.67. The number of nitriles is 1. The fourth-order valence-electron chi connectivity index (χ4n) is 1.75. The molecule has 5 heteroatoms. The van der Waals surface area contributed by atoms with Crippen LogP contribution in [0.15, 0.2) is 36.4 Å². The summed E-state index contributed by atoms with van der Waals surface area (Å²) in [4.78, 5) is 0. The van der Waals surface area contributed by atoms with Crippen LogP contribution in [-0.2, 0) is 0 Å². The quantitative estimate of drug-likeness (QED) is 0.836. The Kier molecular flexibility index (Phi) is 4.06. The Bertz CT molecular complexity index is 665. The van der Waals surface area contributed by atoms with Gasteiger partial charge in [-0.2, -0.15) is 5.26 Å². The number of nitrogens with one attached hydrogen (secondary N) is 1. The number of nitrogens with zero attached hydrogens (tertiary/aromatic N) is 1. The molecule has 0 heterocycles. The molecule has 0 radical (unpaired) electrons. The number of anilines is 3. The number of hydrogen-bond acceptors (Lipinski definition) is 4. The van der Waals surface area contributed by atoms with Gasteiger partial charge in [0.2, 0.25) is 0 Å². The van der Waals surface area contributed by atoms with Gasteiger partial charge in [0.1, 0.15) is 17.6 Å². The predicted octanol–water partition coefficient (Wildman–Crippen LogP) is 3.42. The third-order valence-corrected chi connectivity index (χ3v) is 2.69. The SMILES string of the molecule is CCOc1cc(Nc2ccc(F)c(C#N)c2)ccc1N. The zero-order valence-electron chi connectivity index (χ0n) is 11.0. The van der Waals surface area contributed by atoms with Crippen molar-refractivity contribution in [2.75, 3.05) is 17.7 Å². The topological polar surface area (TPSA) is 71.1 Å². The summed E-state index contributed by atoms with van der Waals surface area (Å²) in [7, 11) is 0. The highest BCUT2D eigenvalue weighted by Gasteiger charge is 2.05. The second-order valence-corrected chi connectivity index (χ2v) is 4.12. The maximum Gasteiger partial charge on any atom is 0.144 e. The van der Waals surface area contributed by atoms with Crippen LogP contribution in [0.4, 0.5) is 21.5 Å². The van der Waals surface area contributed by atoms with Crippen molar-refractivity contribution < 1.29 is 9.13 Å². The molecule has 0 aliphatic rings. The Morgan fingerprint density at radius 3 is 2.65 bits per heavy atom. The van der Waals surface area contributed by atoms with Crippen LogP contribution >= 0.6 is 0 Å². The van der Waals surface area contributed by atoms with Crippen molar-refractivity contribution in [1.82, 2.24) is 0 Å². The molecule has 0 bridgehead atoms. The molecule has 0 unspecified atom stereocenters. The second-order valence-electron chi connectivity index (χ2n) is 4.12. The normalized spacial score (nSPS) is 9.85. The van der Waals surface area contributed by atoms with Crippen molar-refractivity contribution in [2.24, 2.45) is 0 Å². The molecule has 0 spiro atoms. The van der Waals surface area contributed by atoms with E-state index in [2.05, 4.69) is 5.32 Å². The highest BCUT2D eigenvalue weighted by Crippen LogP contribution is 2.28. The van der Waals surface area contributed by atoms with Crippen LogP contribution in [0.2, 0.25) is 0 Å². The second kappa shape index (κ2) is 5.93. The molecule has 0 aromatic heterocycles. The van der Waals surface area contributed by atoms with Gasteiger partial charge < -0.3 is 15.8 Å². The summed E-state index contributed by atoms with van der Waals surface area (Å²) in [6.45, 7) is 2.39. The summed E-state index contributed by atoms with van der Waals surface area (Å²) in [5, 5.41) is 11.9. The molecule has 3 N–H and O–H groups in total. The minimum atomic E-state index is -0.537. The predicted molar refractivity (Wildman–Crippen MR) is 76.4 cm³/mol. The van der Waals surface area contributed by atoms with Gasteiger partial charge in [0, 0.05) is 17.4 Å². The molecule has 20 heavy (non-hydrogen) atoms. The molecule has 102 valence electrons. The summed E-state index contributed by atoms with van der Waals surface area (Å²) in [5.41, 5.74) is 7.70. The zero-order valence-corrected chi connectivity index (χ0v) is 11.0. The molecule has 0 aliphatic carbocycles. The maximum atomic E-state index is 13.2. The van der Waals surface area contributed by atoms with E-state index in [4.69, 9.17) is 15.7 Å². The number of rotatable bonds is 4. The molecule has 2 aromatic rings. The standard InChI is InChI=1S/C15H14FN3O/c1-2-20-15-8-12(4-6-14(15)18)19-11-3-5-13(16)10(7-11)9-17/h3-8,19H,2,18H2,1H3. The van der Waals surface area contributed by atoms with E-state index < -0.39 is 5.82 Å². The van der Waals surface area contributed by atoms with Crippen molar-refractivity contribution in [3.63, 3.8) is 0 Å². The molecule has 0 aliphatic heterocycles. The smallest absolute Gasteiger partial charge is 0.144 e. The number of halogens is 1. The Morgan fingerprint density at radius 2 is 1.95 bits per heavy atom. The van der Waals surface area contributed by atoms with Crippen molar-refractivity contribution in [1.29, 1.82) is 5.26 Å². The largest absolute Gasteiger partial charge is 0.492 e. The first-order valence-corrected chi connectivity index (χ1v) is 6.13. The van der Waals surface area contributed by atoms with Gasteiger partial charge in [-0.05, 0) is 37.3 Å². The average Bonchev–Trinajstić information content (AvgIpc) is 2.45. The van der Waals surface area contributed by atoms with Crippen LogP contribution in [0.5, 0.6) is 5.75 Å². The molecule has 0 saturated carbocycles. The Morgan fingerprint density at radius 1 is 1.25 bits per heavy atom. The van der Waals surface area contributed by atoms with Gasteiger partial charge in [0.25, 0.3) is 0 Å². The summed E-state index contributed by atoms with van der Waals surface area (Å²) in [6.07, 6.45) is 0. The van der Waals surface area contributed by atoms with E-state index in [0.29, 0.717) is 23.7 Å². The zero-order chi connectivity index (χ0) is 14.5. The molecular formula is C15H14FN3O. The molecule has 0 saturated heterocycles. The summed E-state index contributed by atoms with van der Waals surface area (Å²) in [6, 6.07) is 11.3. The van der Waals surface area contributed by atoms with Gasteiger partial charge in [-0.3, -0.25) is 0 Å².